The van der Waals surface area contributed by atoms with E-state index < -0.39 is 0 Å². The molecule has 2 aromatic rings. The van der Waals surface area contributed by atoms with E-state index in [1.54, 1.807) is 7.11 Å². The van der Waals surface area contributed by atoms with Gasteiger partial charge in [-0.25, -0.2) is 0 Å². The molecule has 1 aliphatic heterocycles. The van der Waals surface area contributed by atoms with Crippen molar-refractivity contribution in [2.75, 3.05) is 20.3 Å². The largest absolute Gasteiger partial charge is 0.497 e. The summed E-state index contributed by atoms with van der Waals surface area (Å²) in [6.45, 7) is 1.43. The number of benzene rings is 1. The molecule has 0 spiro atoms. The zero-order valence-corrected chi connectivity index (χ0v) is 10.4. The molecule has 1 fully saturated rings. The van der Waals surface area contributed by atoms with Crippen LogP contribution in [0.1, 0.15) is 12.1 Å². The van der Waals surface area contributed by atoms with Gasteiger partial charge in [-0.3, -0.25) is 0 Å². The van der Waals surface area contributed by atoms with Gasteiger partial charge >= 0.3 is 0 Å². The first-order valence-electron chi connectivity index (χ1n) is 6.24. The molecule has 1 aliphatic rings. The number of aromatic nitrogens is 1. The Morgan fingerprint density at radius 1 is 1.28 bits per heavy atom. The molecule has 0 saturated carbocycles. The number of rotatable bonds is 4. The summed E-state index contributed by atoms with van der Waals surface area (Å²) in [5.41, 5.74) is 2.34. The summed E-state index contributed by atoms with van der Waals surface area (Å²) in [6, 6.07) is 8.21. The molecule has 18 heavy (non-hydrogen) atoms. The smallest absolute Gasteiger partial charge is 0.158 e. The normalized spacial score (nSPS) is 16.5. The van der Waals surface area contributed by atoms with Gasteiger partial charge in [-0.2, -0.15) is 0 Å². The number of aromatic amines is 1. The van der Waals surface area contributed by atoms with Crippen molar-refractivity contribution >= 4 is 10.9 Å². The molecule has 1 aromatic heterocycles. The maximum atomic E-state index is 5.43. The summed E-state index contributed by atoms with van der Waals surface area (Å²) in [5, 5.41) is 1.18. The van der Waals surface area contributed by atoms with Crippen LogP contribution in [-0.4, -0.2) is 31.6 Å². The Kier molecular flexibility index (Phi) is 3.21. The number of methoxy groups -OCH3 is 1. The van der Waals surface area contributed by atoms with E-state index in [9.17, 15) is 0 Å². The van der Waals surface area contributed by atoms with Crippen molar-refractivity contribution in [1.29, 1.82) is 0 Å². The fourth-order valence-electron chi connectivity index (χ4n) is 2.28. The Labute approximate surface area is 106 Å². The van der Waals surface area contributed by atoms with E-state index >= 15 is 0 Å². The van der Waals surface area contributed by atoms with Gasteiger partial charge in [0, 0.05) is 23.0 Å². The lowest BCUT2D eigenvalue weighted by molar-refractivity contribution is -0.0463. The quantitative estimate of drug-likeness (QED) is 0.902. The average Bonchev–Trinajstić information content (AvgIpc) is 3.04. The molecule has 96 valence electrons. The Morgan fingerprint density at radius 3 is 2.89 bits per heavy atom. The van der Waals surface area contributed by atoms with E-state index in [4.69, 9.17) is 14.2 Å². The van der Waals surface area contributed by atoms with Crippen LogP contribution in [0, 0.1) is 0 Å². The van der Waals surface area contributed by atoms with Gasteiger partial charge in [-0.1, -0.05) is 0 Å². The van der Waals surface area contributed by atoms with Gasteiger partial charge in [-0.05, 0) is 30.7 Å². The van der Waals surface area contributed by atoms with E-state index in [0.717, 1.165) is 24.1 Å². The fourth-order valence-corrected chi connectivity index (χ4v) is 2.28. The highest BCUT2D eigenvalue weighted by Gasteiger charge is 2.15. The minimum atomic E-state index is -0.0362. The van der Waals surface area contributed by atoms with Crippen LogP contribution in [0.5, 0.6) is 5.75 Å². The first-order chi connectivity index (χ1) is 8.85. The van der Waals surface area contributed by atoms with Crippen LogP contribution in [0.25, 0.3) is 10.9 Å². The molecule has 4 nitrogen and oxygen atoms in total. The Hall–Kier alpha value is -1.52. The fraction of sp³-hybridized carbons (Fsp3) is 0.429. The molecule has 1 saturated heterocycles. The van der Waals surface area contributed by atoms with Crippen LogP contribution < -0.4 is 4.74 Å². The van der Waals surface area contributed by atoms with Gasteiger partial charge in [0.25, 0.3) is 0 Å². The van der Waals surface area contributed by atoms with Crippen LogP contribution in [0.15, 0.2) is 24.3 Å². The lowest BCUT2D eigenvalue weighted by Crippen LogP contribution is -2.08. The predicted molar refractivity (Wildman–Crippen MR) is 68.9 cm³/mol. The highest BCUT2D eigenvalue weighted by molar-refractivity contribution is 5.81. The maximum Gasteiger partial charge on any atom is 0.158 e. The third-order valence-corrected chi connectivity index (χ3v) is 3.22. The molecule has 2 heterocycles. The van der Waals surface area contributed by atoms with E-state index in [-0.39, 0.29) is 6.29 Å². The summed E-state index contributed by atoms with van der Waals surface area (Å²) >= 11 is 0. The standard InChI is InChI=1S/C14H17NO3/c1-16-12-3-4-13-10(9-12)8-11(15-13)2-5-14-17-6-7-18-14/h3-4,8-9,14-15H,2,5-7H2,1H3. The van der Waals surface area contributed by atoms with Crippen molar-refractivity contribution in [2.24, 2.45) is 0 Å². The molecule has 1 aromatic carbocycles. The van der Waals surface area contributed by atoms with E-state index in [0.29, 0.717) is 13.2 Å². The molecular formula is C14H17NO3. The highest BCUT2D eigenvalue weighted by atomic mass is 16.7. The summed E-state index contributed by atoms with van der Waals surface area (Å²) in [5.74, 6) is 0.885. The average molecular weight is 247 g/mol. The number of nitrogens with one attached hydrogen (secondary N) is 1. The molecule has 0 amide bonds. The summed E-state index contributed by atoms with van der Waals surface area (Å²) in [6.07, 6.45) is 1.79. The third-order valence-electron chi connectivity index (χ3n) is 3.22. The van der Waals surface area contributed by atoms with Crippen LogP contribution in [0.2, 0.25) is 0 Å². The van der Waals surface area contributed by atoms with Gasteiger partial charge in [0.15, 0.2) is 6.29 Å². The molecule has 0 bridgehead atoms. The van der Waals surface area contributed by atoms with Crippen molar-refractivity contribution in [3.05, 3.63) is 30.0 Å². The zero-order valence-electron chi connectivity index (χ0n) is 10.4. The van der Waals surface area contributed by atoms with Crippen molar-refractivity contribution in [3.8, 4) is 5.75 Å². The number of hydrogen-bond donors (Lipinski definition) is 1. The maximum absolute atomic E-state index is 5.43. The minimum Gasteiger partial charge on any atom is -0.497 e. The summed E-state index contributed by atoms with van der Waals surface area (Å²) in [7, 11) is 1.68. The monoisotopic (exact) mass is 247 g/mol. The van der Waals surface area contributed by atoms with Crippen molar-refractivity contribution in [1.82, 2.24) is 4.98 Å². The van der Waals surface area contributed by atoms with Gasteiger partial charge in [0.05, 0.1) is 20.3 Å². The molecule has 0 aliphatic carbocycles. The molecule has 4 heteroatoms. The van der Waals surface area contributed by atoms with Crippen molar-refractivity contribution in [3.63, 3.8) is 0 Å². The number of H-pyrrole nitrogens is 1. The second-order valence-electron chi connectivity index (χ2n) is 4.46. The summed E-state index contributed by atoms with van der Waals surface area (Å²) in [4.78, 5) is 3.40. The highest BCUT2D eigenvalue weighted by Crippen LogP contribution is 2.22. The first kappa shape index (κ1) is 11.6. The van der Waals surface area contributed by atoms with Crippen LogP contribution in [-0.2, 0) is 15.9 Å². The molecule has 0 atom stereocenters. The van der Waals surface area contributed by atoms with Crippen LogP contribution >= 0.6 is 0 Å². The van der Waals surface area contributed by atoms with Crippen LogP contribution in [0.4, 0.5) is 0 Å². The second kappa shape index (κ2) is 5.00. The van der Waals surface area contributed by atoms with Gasteiger partial charge in [-0.15, -0.1) is 0 Å². The lowest BCUT2D eigenvalue weighted by atomic mass is 10.2. The molecular weight excluding hydrogens is 230 g/mol. The molecule has 0 radical (unpaired) electrons. The number of hydrogen-bond acceptors (Lipinski definition) is 3. The minimum absolute atomic E-state index is 0.0362. The van der Waals surface area contributed by atoms with Crippen molar-refractivity contribution in [2.45, 2.75) is 19.1 Å². The Balaban J connectivity index is 1.72. The van der Waals surface area contributed by atoms with Crippen LogP contribution in [0.3, 0.4) is 0 Å². The zero-order chi connectivity index (χ0) is 12.4. The van der Waals surface area contributed by atoms with E-state index in [1.807, 2.05) is 18.2 Å². The lowest BCUT2D eigenvalue weighted by Gasteiger charge is -2.06. The Morgan fingerprint density at radius 2 is 2.11 bits per heavy atom. The number of aryl methyl sites for hydroxylation is 1. The second-order valence-corrected chi connectivity index (χ2v) is 4.46. The van der Waals surface area contributed by atoms with Crippen molar-refractivity contribution < 1.29 is 14.2 Å². The van der Waals surface area contributed by atoms with Gasteiger partial charge in [0.2, 0.25) is 0 Å². The van der Waals surface area contributed by atoms with Gasteiger partial charge in [0.1, 0.15) is 5.75 Å². The topological polar surface area (TPSA) is 43.5 Å². The summed E-state index contributed by atoms with van der Waals surface area (Å²) < 4.78 is 16.1. The Bertz CT molecular complexity index is 529. The first-order valence-corrected chi connectivity index (χ1v) is 6.24. The van der Waals surface area contributed by atoms with Gasteiger partial charge < -0.3 is 19.2 Å². The molecule has 1 N–H and O–H groups in total. The van der Waals surface area contributed by atoms with E-state index in [2.05, 4.69) is 11.1 Å². The molecule has 3 rings (SSSR count). The predicted octanol–water partition coefficient (Wildman–Crippen LogP) is 2.48. The third kappa shape index (κ3) is 2.35. The number of fused-ring (bicyclic) bond motifs is 1. The number of ether oxygens (including phenoxy) is 3. The molecule has 0 unspecified atom stereocenters. The van der Waals surface area contributed by atoms with E-state index in [1.165, 1.54) is 11.1 Å². The SMILES string of the molecule is COc1ccc2[nH]c(CCC3OCCO3)cc2c1.